The Bertz CT molecular complexity index is 1260. The maximum absolute atomic E-state index is 13.2. The fraction of sp³-hybridized carbons (Fsp3) is 0.304. The van der Waals surface area contributed by atoms with Crippen molar-refractivity contribution < 1.29 is 17.4 Å². The van der Waals surface area contributed by atoms with Gasteiger partial charge in [-0.05, 0) is 45.0 Å². The quantitative estimate of drug-likeness (QED) is 0.457. The van der Waals surface area contributed by atoms with Gasteiger partial charge in [0.25, 0.3) is 16.0 Å². The van der Waals surface area contributed by atoms with E-state index < -0.39 is 21.6 Å². The molecule has 2 aromatic carbocycles. The van der Waals surface area contributed by atoms with Crippen LogP contribution in [0, 0.1) is 0 Å². The Hall–Kier alpha value is -2.39. The lowest BCUT2D eigenvalue weighted by molar-refractivity contribution is 0.0913. The summed E-state index contributed by atoms with van der Waals surface area (Å²) in [6, 6.07) is 14.2. The first-order valence-electron chi connectivity index (χ1n) is 10.2. The highest BCUT2D eigenvalue weighted by atomic mass is 35.5. The monoisotopic (exact) mass is 509 g/mol. The van der Waals surface area contributed by atoms with Crippen LogP contribution >= 0.6 is 23.2 Å². The lowest BCUT2D eigenvalue weighted by Gasteiger charge is -2.20. The predicted octanol–water partition coefficient (Wildman–Crippen LogP) is 4.89. The number of aromatic nitrogens is 2. The molecule has 176 valence electrons. The van der Waals surface area contributed by atoms with Gasteiger partial charge in [0.1, 0.15) is 0 Å². The van der Waals surface area contributed by atoms with E-state index in [2.05, 4.69) is 10.4 Å². The largest absolute Gasteiger partial charge is 0.346 e. The zero-order valence-electron chi connectivity index (χ0n) is 18.7. The van der Waals surface area contributed by atoms with Gasteiger partial charge in [0.05, 0.1) is 29.3 Å². The van der Waals surface area contributed by atoms with Gasteiger partial charge in [-0.1, -0.05) is 47.5 Å². The second-order valence-corrected chi connectivity index (χ2v) is 11.0. The van der Waals surface area contributed by atoms with Crippen LogP contribution in [0.25, 0.3) is 16.9 Å². The van der Waals surface area contributed by atoms with Crippen LogP contribution in [0.4, 0.5) is 0 Å². The maximum Gasteiger partial charge on any atom is 0.272 e. The second-order valence-electron chi connectivity index (χ2n) is 8.53. The lowest BCUT2D eigenvalue weighted by Crippen LogP contribution is -2.41. The number of halogens is 2. The van der Waals surface area contributed by atoms with Gasteiger partial charge in [0.2, 0.25) is 0 Å². The Kier molecular flexibility index (Phi) is 7.53. The lowest BCUT2D eigenvalue weighted by atomic mass is 10.0. The third-order valence-corrected chi connectivity index (χ3v) is 5.70. The number of nitrogens with zero attached hydrogens (tertiary/aromatic N) is 2. The van der Waals surface area contributed by atoms with Crippen LogP contribution in [-0.4, -0.2) is 42.5 Å². The Morgan fingerprint density at radius 3 is 2.30 bits per heavy atom. The molecule has 0 aliphatic rings. The van der Waals surface area contributed by atoms with E-state index >= 15 is 0 Å². The molecule has 0 saturated heterocycles. The van der Waals surface area contributed by atoms with Crippen molar-refractivity contribution in [2.75, 3.05) is 12.9 Å². The van der Waals surface area contributed by atoms with Gasteiger partial charge in [-0.2, -0.15) is 13.5 Å². The maximum atomic E-state index is 13.2. The average Bonchev–Trinajstić information content (AvgIpc) is 3.06. The summed E-state index contributed by atoms with van der Waals surface area (Å²) in [7, 11) is -3.66. The first-order chi connectivity index (χ1) is 15.4. The van der Waals surface area contributed by atoms with Crippen molar-refractivity contribution in [1.29, 1.82) is 0 Å². The van der Waals surface area contributed by atoms with E-state index in [0.717, 1.165) is 11.8 Å². The predicted molar refractivity (Wildman–Crippen MR) is 131 cm³/mol. The molecular formula is C23H25Cl2N3O4S. The van der Waals surface area contributed by atoms with Crippen LogP contribution in [-0.2, 0) is 20.7 Å². The summed E-state index contributed by atoms with van der Waals surface area (Å²) in [5.74, 6) is -0.391. The molecule has 3 rings (SSSR count). The van der Waals surface area contributed by atoms with E-state index in [1.807, 2.05) is 26.8 Å². The van der Waals surface area contributed by atoms with Crippen molar-refractivity contribution in [3.63, 3.8) is 0 Å². The van der Waals surface area contributed by atoms with E-state index in [1.54, 1.807) is 47.1 Å². The molecule has 7 nitrogen and oxygen atoms in total. The number of benzene rings is 2. The zero-order valence-corrected chi connectivity index (χ0v) is 21.1. The van der Waals surface area contributed by atoms with Crippen molar-refractivity contribution in [2.45, 2.75) is 32.7 Å². The third-order valence-electron chi connectivity index (χ3n) is 4.53. The molecule has 0 atom stereocenters. The van der Waals surface area contributed by atoms with E-state index in [4.69, 9.17) is 27.4 Å². The first-order valence-corrected chi connectivity index (χ1v) is 12.7. The molecule has 0 aliphatic carbocycles. The van der Waals surface area contributed by atoms with Gasteiger partial charge >= 0.3 is 0 Å². The molecule has 0 fully saturated rings. The molecular weight excluding hydrogens is 485 g/mol. The van der Waals surface area contributed by atoms with Gasteiger partial charge in [-0.15, -0.1) is 0 Å². The number of nitrogens with one attached hydrogen (secondary N) is 1. The highest BCUT2D eigenvalue weighted by Crippen LogP contribution is 2.33. The van der Waals surface area contributed by atoms with Gasteiger partial charge in [-0.25, -0.2) is 4.68 Å². The van der Waals surface area contributed by atoms with E-state index in [9.17, 15) is 13.2 Å². The third kappa shape index (κ3) is 6.57. The molecule has 0 aliphatic heterocycles. The summed E-state index contributed by atoms with van der Waals surface area (Å²) < 4.78 is 29.6. The number of hydrogen-bond acceptors (Lipinski definition) is 5. The number of amides is 1. The molecule has 0 radical (unpaired) electrons. The average molecular weight is 510 g/mol. The number of carbonyl (C=O) groups excluding carboxylic acids is 1. The van der Waals surface area contributed by atoms with Crippen LogP contribution in [0.2, 0.25) is 10.0 Å². The molecule has 0 spiro atoms. The van der Waals surface area contributed by atoms with E-state index in [0.29, 0.717) is 27.0 Å². The molecule has 1 heterocycles. The topological polar surface area (TPSA) is 90.3 Å². The van der Waals surface area contributed by atoms with Crippen molar-refractivity contribution in [3.8, 4) is 16.9 Å². The number of hydrogen-bond donors (Lipinski definition) is 1. The Balaban J connectivity index is 2.25. The molecule has 0 bridgehead atoms. The molecule has 0 unspecified atom stereocenters. The highest BCUT2D eigenvalue weighted by molar-refractivity contribution is 7.85. The van der Waals surface area contributed by atoms with E-state index in [1.165, 1.54) is 0 Å². The Morgan fingerprint density at radius 2 is 1.73 bits per heavy atom. The summed E-state index contributed by atoms with van der Waals surface area (Å²) >= 11 is 12.6. The summed E-state index contributed by atoms with van der Waals surface area (Å²) in [4.78, 5) is 13.2. The molecule has 1 N–H and O–H groups in total. The van der Waals surface area contributed by atoms with Crippen molar-refractivity contribution in [3.05, 3.63) is 69.8 Å². The number of para-hydroxylation sites is 1. The van der Waals surface area contributed by atoms with Gasteiger partial charge < -0.3 is 5.32 Å². The van der Waals surface area contributed by atoms with Crippen LogP contribution in [0.1, 0.15) is 36.8 Å². The molecule has 10 heteroatoms. The molecule has 1 amide bonds. The van der Waals surface area contributed by atoms with Gasteiger partial charge in [0, 0.05) is 28.1 Å². The first kappa shape index (κ1) is 25.2. The normalized spacial score (nSPS) is 12.1. The van der Waals surface area contributed by atoms with Crippen LogP contribution in [0.5, 0.6) is 0 Å². The summed E-state index contributed by atoms with van der Waals surface area (Å²) in [5.41, 5.74) is 2.08. The Morgan fingerprint density at radius 1 is 1.09 bits per heavy atom. The van der Waals surface area contributed by atoms with Crippen molar-refractivity contribution in [2.24, 2.45) is 0 Å². The second kappa shape index (κ2) is 9.85. The van der Waals surface area contributed by atoms with Crippen molar-refractivity contribution in [1.82, 2.24) is 15.1 Å². The molecule has 1 aromatic heterocycles. The summed E-state index contributed by atoms with van der Waals surface area (Å²) in [5, 5.41) is 8.54. The Labute approximate surface area is 203 Å². The minimum atomic E-state index is -3.66. The van der Waals surface area contributed by atoms with Gasteiger partial charge in [-0.3, -0.25) is 8.98 Å². The van der Waals surface area contributed by atoms with Crippen LogP contribution < -0.4 is 5.32 Å². The SMILES string of the molecule is CC(C)(C)NC(=O)c1nn(-c2ccccc2Cl)c(-c2ccc(Cl)cc2)c1CCOS(C)(=O)=O. The van der Waals surface area contributed by atoms with Crippen LogP contribution in [0.3, 0.4) is 0 Å². The fourth-order valence-corrected chi connectivity index (χ4v) is 3.99. The zero-order chi connectivity index (χ0) is 24.4. The van der Waals surface area contributed by atoms with E-state index in [-0.39, 0.29) is 18.7 Å². The minimum Gasteiger partial charge on any atom is -0.346 e. The number of rotatable bonds is 7. The summed E-state index contributed by atoms with van der Waals surface area (Å²) in [6.07, 6.45) is 1.11. The van der Waals surface area contributed by atoms with Crippen LogP contribution in [0.15, 0.2) is 48.5 Å². The van der Waals surface area contributed by atoms with Gasteiger partial charge in [0.15, 0.2) is 5.69 Å². The highest BCUT2D eigenvalue weighted by Gasteiger charge is 2.27. The summed E-state index contributed by atoms with van der Waals surface area (Å²) in [6.45, 7) is 5.44. The smallest absolute Gasteiger partial charge is 0.272 e. The molecule has 33 heavy (non-hydrogen) atoms. The van der Waals surface area contributed by atoms with Crippen molar-refractivity contribution >= 4 is 39.2 Å². The molecule has 0 saturated carbocycles. The minimum absolute atomic E-state index is 0.127. The molecule has 3 aromatic rings. The standard InChI is InChI=1S/C23H25Cl2N3O4S/c1-23(2,3)26-22(29)20-17(13-14-32-33(4,30)31)21(15-9-11-16(24)12-10-15)28(27-20)19-8-6-5-7-18(19)25/h5-12H,13-14H2,1-4H3,(H,26,29). The number of carbonyl (C=O) groups is 1. The fourth-order valence-electron chi connectivity index (χ4n) is 3.27.